The fourth-order valence-corrected chi connectivity index (χ4v) is 3.24. The molecule has 1 fully saturated rings. The zero-order valence-corrected chi connectivity index (χ0v) is 9.77. The van der Waals surface area contributed by atoms with Crippen molar-refractivity contribution in [3.8, 4) is 0 Å². The molecular weight excluding hydrogens is 188 g/mol. The summed E-state index contributed by atoms with van der Waals surface area (Å²) in [5.41, 5.74) is 0. The molecule has 2 nitrogen and oxygen atoms in total. The van der Waals surface area contributed by atoms with Gasteiger partial charge in [-0.2, -0.15) is 0 Å². The Morgan fingerprint density at radius 3 is 2.80 bits per heavy atom. The highest BCUT2D eigenvalue weighted by atomic mass is 16.5. The summed E-state index contributed by atoms with van der Waals surface area (Å²) in [4.78, 5) is 11.0. The monoisotopic (exact) mass is 208 g/mol. The van der Waals surface area contributed by atoms with E-state index in [9.17, 15) is 4.79 Å². The van der Waals surface area contributed by atoms with E-state index < -0.39 is 0 Å². The third-order valence-corrected chi connectivity index (χ3v) is 4.11. The van der Waals surface area contributed by atoms with Crippen LogP contribution in [0, 0.1) is 23.7 Å². The van der Waals surface area contributed by atoms with Crippen LogP contribution in [-0.4, -0.2) is 12.1 Å². The van der Waals surface area contributed by atoms with Crippen LogP contribution in [0.2, 0.25) is 0 Å². The maximum Gasteiger partial charge on any atom is 0.302 e. The smallest absolute Gasteiger partial charge is 0.302 e. The van der Waals surface area contributed by atoms with Gasteiger partial charge in [-0.3, -0.25) is 4.79 Å². The highest BCUT2D eigenvalue weighted by Crippen LogP contribution is 2.45. The molecule has 0 amide bonds. The molecule has 0 bridgehead atoms. The van der Waals surface area contributed by atoms with Crippen LogP contribution in [0.15, 0.2) is 12.2 Å². The molecule has 2 aliphatic rings. The predicted octanol–water partition coefficient (Wildman–Crippen LogP) is 2.79. The minimum atomic E-state index is -0.139. The van der Waals surface area contributed by atoms with Gasteiger partial charge in [-0.25, -0.2) is 0 Å². The van der Waals surface area contributed by atoms with Crippen molar-refractivity contribution in [3.63, 3.8) is 0 Å². The lowest BCUT2D eigenvalue weighted by Gasteiger charge is -2.41. The van der Waals surface area contributed by atoms with E-state index in [-0.39, 0.29) is 12.1 Å². The van der Waals surface area contributed by atoms with Gasteiger partial charge in [0.15, 0.2) is 0 Å². The van der Waals surface area contributed by atoms with Gasteiger partial charge in [-0.15, -0.1) is 0 Å². The molecule has 0 spiro atoms. The lowest BCUT2D eigenvalue weighted by Crippen LogP contribution is -2.40. The Hall–Kier alpha value is -0.790. The van der Waals surface area contributed by atoms with Gasteiger partial charge in [-0.1, -0.05) is 26.0 Å². The van der Waals surface area contributed by atoms with Crippen molar-refractivity contribution in [2.45, 2.75) is 39.7 Å². The van der Waals surface area contributed by atoms with E-state index in [1.807, 2.05) is 0 Å². The molecule has 0 radical (unpaired) electrons. The Balaban J connectivity index is 2.09. The first-order valence-electron chi connectivity index (χ1n) is 5.93. The third kappa shape index (κ3) is 1.95. The maximum absolute atomic E-state index is 11.0. The predicted molar refractivity (Wildman–Crippen MR) is 59.2 cm³/mol. The number of carbonyl (C=O) groups is 1. The fraction of sp³-hybridized carbons (Fsp3) is 0.769. The number of fused-ring (bicyclic) bond motifs is 1. The first kappa shape index (κ1) is 10.7. The molecule has 0 aromatic heterocycles. The van der Waals surface area contributed by atoms with Crippen LogP contribution < -0.4 is 0 Å². The molecule has 0 aromatic rings. The Kier molecular flexibility index (Phi) is 2.85. The zero-order valence-electron chi connectivity index (χ0n) is 9.77. The number of hydrogen-bond donors (Lipinski definition) is 0. The fourth-order valence-electron chi connectivity index (χ4n) is 3.24. The largest absolute Gasteiger partial charge is 0.462 e. The Labute approximate surface area is 91.7 Å². The molecule has 5 atom stereocenters. The summed E-state index contributed by atoms with van der Waals surface area (Å²) in [6, 6.07) is 0. The van der Waals surface area contributed by atoms with Crippen LogP contribution in [0.1, 0.15) is 33.6 Å². The van der Waals surface area contributed by atoms with E-state index in [0.29, 0.717) is 17.8 Å². The molecular formula is C13H20O2. The highest BCUT2D eigenvalue weighted by molar-refractivity contribution is 5.66. The summed E-state index contributed by atoms with van der Waals surface area (Å²) in [7, 11) is 0. The van der Waals surface area contributed by atoms with Crippen molar-refractivity contribution in [2.24, 2.45) is 23.7 Å². The molecule has 2 heteroatoms. The second-order valence-electron chi connectivity index (χ2n) is 5.13. The van der Waals surface area contributed by atoms with E-state index in [0.717, 1.165) is 12.3 Å². The molecule has 0 aliphatic heterocycles. The average Bonchev–Trinajstić information content (AvgIpc) is 2.61. The summed E-state index contributed by atoms with van der Waals surface area (Å²) < 4.78 is 5.41. The molecule has 2 rings (SSSR count). The van der Waals surface area contributed by atoms with Gasteiger partial charge in [-0.05, 0) is 36.5 Å². The van der Waals surface area contributed by atoms with Gasteiger partial charge in [0.05, 0.1) is 0 Å². The molecule has 2 aliphatic carbocycles. The number of rotatable bonds is 1. The quantitative estimate of drug-likeness (QED) is 0.489. The molecule has 0 saturated heterocycles. The first-order chi connectivity index (χ1) is 7.09. The van der Waals surface area contributed by atoms with Gasteiger partial charge in [0.25, 0.3) is 0 Å². The standard InChI is InChI=1S/C13H20O2/c1-8-7-13(15-10(3)14)9(2)12-6-4-5-11(8)12/h4,6,8-9,11-13H,5,7H2,1-3H3/t8-,9+,11+,12+,13-/m0/s1. The van der Waals surface area contributed by atoms with Gasteiger partial charge < -0.3 is 4.74 Å². The number of ether oxygens (including phenoxy) is 1. The van der Waals surface area contributed by atoms with E-state index >= 15 is 0 Å². The van der Waals surface area contributed by atoms with Gasteiger partial charge in [0.2, 0.25) is 0 Å². The van der Waals surface area contributed by atoms with Crippen molar-refractivity contribution in [2.75, 3.05) is 0 Å². The van der Waals surface area contributed by atoms with E-state index in [1.54, 1.807) is 0 Å². The molecule has 1 saturated carbocycles. The minimum absolute atomic E-state index is 0.126. The Morgan fingerprint density at radius 1 is 1.40 bits per heavy atom. The maximum atomic E-state index is 11.0. The van der Waals surface area contributed by atoms with Crippen molar-refractivity contribution >= 4 is 5.97 Å². The number of carbonyl (C=O) groups excluding carboxylic acids is 1. The van der Waals surface area contributed by atoms with Crippen LogP contribution in [-0.2, 0) is 9.53 Å². The van der Waals surface area contributed by atoms with Crippen LogP contribution in [0.3, 0.4) is 0 Å². The van der Waals surface area contributed by atoms with Crippen molar-refractivity contribution in [1.29, 1.82) is 0 Å². The van der Waals surface area contributed by atoms with Crippen LogP contribution >= 0.6 is 0 Å². The SMILES string of the molecule is CC(=O)O[C@H]1C[C@H](C)[C@H]2CC=C[C@@H]2[C@H]1C. The lowest BCUT2D eigenvalue weighted by molar-refractivity contribution is -0.154. The minimum Gasteiger partial charge on any atom is -0.462 e. The summed E-state index contributed by atoms with van der Waals surface area (Å²) in [6.07, 6.45) is 6.98. The average molecular weight is 208 g/mol. The van der Waals surface area contributed by atoms with Crippen molar-refractivity contribution < 1.29 is 9.53 Å². The van der Waals surface area contributed by atoms with E-state index in [4.69, 9.17) is 4.74 Å². The molecule has 15 heavy (non-hydrogen) atoms. The zero-order chi connectivity index (χ0) is 11.0. The summed E-state index contributed by atoms with van der Waals surface area (Å²) >= 11 is 0. The summed E-state index contributed by atoms with van der Waals surface area (Å²) in [5, 5.41) is 0. The number of hydrogen-bond acceptors (Lipinski definition) is 2. The van der Waals surface area contributed by atoms with Crippen molar-refractivity contribution in [3.05, 3.63) is 12.2 Å². The normalized spacial score (nSPS) is 43.8. The molecule has 0 aromatic carbocycles. The Bertz CT molecular complexity index is 282. The second-order valence-corrected chi connectivity index (χ2v) is 5.13. The van der Waals surface area contributed by atoms with E-state index in [2.05, 4.69) is 26.0 Å². The molecule has 0 unspecified atom stereocenters. The number of esters is 1. The summed E-state index contributed by atoms with van der Waals surface area (Å²) in [6.45, 7) is 6.01. The number of allylic oxidation sites excluding steroid dienone is 2. The highest BCUT2D eigenvalue weighted by Gasteiger charge is 2.42. The van der Waals surface area contributed by atoms with Gasteiger partial charge in [0.1, 0.15) is 6.10 Å². The van der Waals surface area contributed by atoms with Crippen LogP contribution in [0.25, 0.3) is 0 Å². The molecule has 0 heterocycles. The second kappa shape index (κ2) is 3.99. The van der Waals surface area contributed by atoms with Crippen LogP contribution in [0.4, 0.5) is 0 Å². The lowest BCUT2D eigenvalue weighted by atomic mass is 9.68. The molecule has 0 N–H and O–H groups in total. The summed E-state index contributed by atoms with van der Waals surface area (Å²) in [5.74, 6) is 2.42. The molecule has 84 valence electrons. The van der Waals surface area contributed by atoms with Crippen LogP contribution in [0.5, 0.6) is 0 Å². The van der Waals surface area contributed by atoms with Crippen molar-refractivity contribution in [1.82, 2.24) is 0 Å². The third-order valence-electron chi connectivity index (χ3n) is 4.11. The van der Waals surface area contributed by atoms with Gasteiger partial charge in [0, 0.05) is 6.92 Å². The first-order valence-corrected chi connectivity index (χ1v) is 5.93. The van der Waals surface area contributed by atoms with E-state index in [1.165, 1.54) is 13.3 Å². The van der Waals surface area contributed by atoms with Gasteiger partial charge >= 0.3 is 5.97 Å². The topological polar surface area (TPSA) is 26.3 Å². The Morgan fingerprint density at radius 2 is 2.13 bits per heavy atom.